The van der Waals surface area contributed by atoms with Gasteiger partial charge >= 0.3 is 6.18 Å². The summed E-state index contributed by atoms with van der Waals surface area (Å²) >= 11 is 0. The Balaban J connectivity index is 1.64. The number of amides is 1. The van der Waals surface area contributed by atoms with Gasteiger partial charge in [-0.05, 0) is 24.1 Å². The number of alkyl halides is 3. The van der Waals surface area contributed by atoms with E-state index in [0.29, 0.717) is 31.7 Å². The lowest BCUT2D eigenvalue weighted by Crippen LogP contribution is -2.49. The smallest absolute Gasteiger partial charge is 0.353 e. The second-order valence-electron chi connectivity index (χ2n) is 6.09. The lowest BCUT2D eigenvalue weighted by atomic mass is 10.1. The number of hydrogen-bond donors (Lipinski definition) is 0. The van der Waals surface area contributed by atoms with Crippen LogP contribution in [0.1, 0.15) is 28.5 Å². The quantitative estimate of drug-likeness (QED) is 0.840. The zero-order valence-electron chi connectivity index (χ0n) is 14.3. The van der Waals surface area contributed by atoms with Crippen molar-refractivity contribution in [3.63, 3.8) is 0 Å². The zero-order valence-corrected chi connectivity index (χ0v) is 14.3. The largest absolute Gasteiger partial charge is 0.433 e. The van der Waals surface area contributed by atoms with Gasteiger partial charge in [0.15, 0.2) is 0 Å². The minimum atomic E-state index is -4.50. The molecule has 0 atom stereocenters. The Morgan fingerprint density at radius 2 is 1.73 bits per heavy atom. The molecule has 1 aliphatic heterocycles. The SMILES string of the molecule is CCc1ccc(C(=O)N2CCN(c3cc(C(F)(F)F)ncn3)CC2)cc1. The van der Waals surface area contributed by atoms with Gasteiger partial charge in [0.05, 0.1) is 0 Å². The average Bonchev–Trinajstić information content (AvgIpc) is 2.67. The molecule has 0 saturated carbocycles. The molecular weight excluding hydrogens is 345 g/mol. The molecule has 26 heavy (non-hydrogen) atoms. The lowest BCUT2D eigenvalue weighted by molar-refractivity contribution is -0.141. The molecule has 0 bridgehead atoms. The van der Waals surface area contributed by atoms with Crippen LogP contribution in [0.5, 0.6) is 0 Å². The third-order valence-electron chi connectivity index (χ3n) is 4.44. The Kier molecular flexibility index (Phi) is 5.11. The molecule has 0 spiro atoms. The van der Waals surface area contributed by atoms with Crippen LogP contribution < -0.4 is 4.90 Å². The molecule has 2 aromatic rings. The van der Waals surface area contributed by atoms with Gasteiger partial charge in [0.25, 0.3) is 5.91 Å². The molecular formula is C18H19F3N4O. The van der Waals surface area contributed by atoms with Crippen LogP contribution in [0.15, 0.2) is 36.7 Å². The molecule has 1 aromatic heterocycles. The number of rotatable bonds is 3. The molecule has 1 amide bonds. The van der Waals surface area contributed by atoms with Crippen LogP contribution in [-0.4, -0.2) is 47.0 Å². The van der Waals surface area contributed by atoms with Crippen molar-refractivity contribution in [1.82, 2.24) is 14.9 Å². The van der Waals surface area contributed by atoms with Gasteiger partial charge in [-0.25, -0.2) is 9.97 Å². The number of aryl methyl sites for hydroxylation is 1. The third kappa shape index (κ3) is 3.95. The minimum Gasteiger partial charge on any atom is -0.353 e. The second kappa shape index (κ2) is 7.31. The Hall–Kier alpha value is -2.64. The van der Waals surface area contributed by atoms with Crippen molar-refractivity contribution in [3.8, 4) is 0 Å². The predicted octanol–water partition coefficient (Wildman–Crippen LogP) is 3.02. The van der Waals surface area contributed by atoms with Gasteiger partial charge in [-0.2, -0.15) is 13.2 Å². The average molecular weight is 364 g/mol. The Morgan fingerprint density at radius 1 is 1.08 bits per heavy atom. The van der Waals surface area contributed by atoms with Gasteiger partial charge in [0.2, 0.25) is 0 Å². The van der Waals surface area contributed by atoms with Crippen LogP contribution in [0.2, 0.25) is 0 Å². The molecule has 1 aromatic carbocycles. The minimum absolute atomic E-state index is 0.0639. The molecule has 0 N–H and O–H groups in total. The van der Waals surface area contributed by atoms with Crippen molar-refractivity contribution in [2.75, 3.05) is 31.1 Å². The molecule has 0 unspecified atom stereocenters. The van der Waals surface area contributed by atoms with Crippen molar-refractivity contribution < 1.29 is 18.0 Å². The highest BCUT2D eigenvalue weighted by Gasteiger charge is 2.33. The van der Waals surface area contributed by atoms with E-state index in [1.807, 2.05) is 31.2 Å². The third-order valence-corrected chi connectivity index (χ3v) is 4.44. The predicted molar refractivity (Wildman–Crippen MR) is 91.0 cm³/mol. The van der Waals surface area contributed by atoms with Crippen molar-refractivity contribution in [2.45, 2.75) is 19.5 Å². The van der Waals surface area contributed by atoms with Crippen LogP contribution in [0.3, 0.4) is 0 Å². The van der Waals surface area contributed by atoms with Gasteiger partial charge in [-0.3, -0.25) is 4.79 Å². The summed E-state index contributed by atoms with van der Waals surface area (Å²) in [6.45, 7) is 3.76. The van der Waals surface area contributed by atoms with E-state index in [1.54, 1.807) is 9.80 Å². The molecule has 2 heterocycles. The molecule has 1 fully saturated rings. The molecule has 8 heteroatoms. The second-order valence-corrected chi connectivity index (χ2v) is 6.09. The first-order chi connectivity index (χ1) is 12.4. The van der Waals surface area contributed by atoms with E-state index in [1.165, 1.54) is 0 Å². The standard InChI is InChI=1S/C18H19F3N4O/c1-2-13-3-5-14(6-4-13)17(26)25-9-7-24(8-10-25)16-11-15(18(19,20)21)22-12-23-16/h3-6,11-12H,2,7-10H2,1H3. The molecule has 1 aliphatic rings. The summed E-state index contributed by atoms with van der Waals surface area (Å²) in [7, 11) is 0. The normalized spacial score (nSPS) is 15.2. The number of hydrogen-bond acceptors (Lipinski definition) is 4. The van der Waals surface area contributed by atoms with Crippen LogP contribution in [-0.2, 0) is 12.6 Å². The Labute approximate surface area is 149 Å². The summed E-state index contributed by atoms with van der Waals surface area (Å²) in [4.78, 5) is 23.2. The fourth-order valence-corrected chi connectivity index (χ4v) is 2.88. The van der Waals surface area contributed by atoms with Crippen LogP contribution in [0.25, 0.3) is 0 Å². The first-order valence-electron chi connectivity index (χ1n) is 8.41. The number of halogens is 3. The van der Waals surface area contributed by atoms with Gasteiger partial charge < -0.3 is 9.80 Å². The first-order valence-corrected chi connectivity index (χ1v) is 8.41. The summed E-state index contributed by atoms with van der Waals surface area (Å²) in [5.41, 5.74) is 0.824. The maximum atomic E-state index is 12.8. The van der Waals surface area contributed by atoms with Crippen molar-refractivity contribution in [3.05, 3.63) is 53.5 Å². The van der Waals surface area contributed by atoms with E-state index < -0.39 is 11.9 Å². The van der Waals surface area contributed by atoms with E-state index in [-0.39, 0.29) is 11.7 Å². The monoisotopic (exact) mass is 364 g/mol. The fourth-order valence-electron chi connectivity index (χ4n) is 2.88. The zero-order chi connectivity index (χ0) is 18.7. The molecule has 3 rings (SSSR count). The Morgan fingerprint density at radius 3 is 2.31 bits per heavy atom. The van der Waals surface area contributed by atoms with Crippen molar-refractivity contribution in [1.29, 1.82) is 0 Å². The highest BCUT2D eigenvalue weighted by Crippen LogP contribution is 2.29. The summed E-state index contributed by atoms with van der Waals surface area (Å²) in [5.74, 6) is 0.165. The molecule has 0 radical (unpaired) electrons. The van der Waals surface area contributed by atoms with Crippen LogP contribution in [0, 0.1) is 0 Å². The van der Waals surface area contributed by atoms with E-state index >= 15 is 0 Å². The van der Waals surface area contributed by atoms with E-state index in [4.69, 9.17) is 0 Å². The van der Waals surface area contributed by atoms with E-state index in [0.717, 1.165) is 24.4 Å². The fraction of sp³-hybridized carbons (Fsp3) is 0.389. The van der Waals surface area contributed by atoms with E-state index in [9.17, 15) is 18.0 Å². The van der Waals surface area contributed by atoms with Crippen LogP contribution >= 0.6 is 0 Å². The van der Waals surface area contributed by atoms with E-state index in [2.05, 4.69) is 9.97 Å². The van der Waals surface area contributed by atoms with Gasteiger partial charge in [0.1, 0.15) is 17.8 Å². The van der Waals surface area contributed by atoms with Gasteiger partial charge in [-0.1, -0.05) is 19.1 Å². The molecule has 0 aliphatic carbocycles. The summed E-state index contributed by atoms with van der Waals surface area (Å²) in [5, 5.41) is 0. The summed E-state index contributed by atoms with van der Waals surface area (Å²) < 4.78 is 38.3. The number of benzene rings is 1. The molecule has 5 nitrogen and oxygen atoms in total. The molecule has 138 valence electrons. The van der Waals surface area contributed by atoms with Gasteiger partial charge in [-0.15, -0.1) is 0 Å². The number of aromatic nitrogens is 2. The topological polar surface area (TPSA) is 49.3 Å². The molecule has 1 saturated heterocycles. The maximum Gasteiger partial charge on any atom is 0.433 e. The summed E-state index contributed by atoms with van der Waals surface area (Å²) in [6.07, 6.45) is -2.67. The maximum absolute atomic E-state index is 12.8. The Bertz CT molecular complexity index is 769. The first kappa shape index (κ1) is 18.2. The highest BCUT2D eigenvalue weighted by atomic mass is 19.4. The van der Waals surface area contributed by atoms with Crippen molar-refractivity contribution in [2.24, 2.45) is 0 Å². The summed E-state index contributed by atoms with van der Waals surface area (Å²) in [6, 6.07) is 8.44. The highest BCUT2D eigenvalue weighted by molar-refractivity contribution is 5.94. The van der Waals surface area contributed by atoms with Gasteiger partial charge in [0, 0.05) is 37.8 Å². The lowest BCUT2D eigenvalue weighted by Gasteiger charge is -2.35. The van der Waals surface area contributed by atoms with Crippen molar-refractivity contribution >= 4 is 11.7 Å². The number of carbonyl (C=O) groups excluding carboxylic acids is 1. The number of carbonyl (C=O) groups is 1. The number of anilines is 1. The number of piperazine rings is 1. The van der Waals surface area contributed by atoms with Crippen LogP contribution in [0.4, 0.5) is 19.0 Å². The number of nitrogens with zero attached hydrogens (tertiary/aromatic N) is 4.